The standard InChI is InChI=1S/C18H14N2O6/c21-17(13-9-15(26-20-13)14-3-1-6-24-14)19-11-18(22,12-5-8-23-10-12)16-4-2-7-25-16/h1-10,22H,11H2,(H,19,21)/t18-/m0/s1. The zero-order valence-corrected chi connectivity index (χ0v) is 13.4. The van der Waals surface area contributed by atoms with E-state index < -0.39 is 11.5 Å². The Bertz CT molecular complexity index is 933. The molecule has 0 aliphatic heterocycles. The lowest BCUT2D eigenvalue weighted by Crippen LogP contribution is -2.41. The van der Waals surface area contributed by atoms with Crippen LogP contribution in [-0.4, -0.2) is 22.7 Å². The number of amides is 1. The fourth-order valence-electron chi connectivity index (χ4n) is 2.56. The molecule has 26 heavy (non-hydrogen) atoms. The highest BCUT2D eigenvalue weighted by molar-refractivity contribution is 5.93. The van der Waals surface area contributed by atoms with Crippen LogP contribution in [0, 0.1) is 0 Å². The van der Waals surface area contributed by atoms with Crippen LogP contribution in [0.2, 0.25) is 0 Å². The molecule has 0 aliphatic rings. The number of furan rings is 3. The van der Waals surface area contributed by atoms with Crippen molar-refractivity contribution in [2.75, 3.05) is 6.54 Å². The van der Waals surface area contributed by atoms with E-state index >= 15 is 0 Å². The van der Waals surface area contributed by atoms with Gasteiger partial charge in [0.25, 0.3) is 5.91 Å². The minimum absolute atomic E-state index is 0.0605. The average molecular weight is 354 g/mol. The van der Waals surface area contributed by atoms with Gasteiger partial charge in [0, 0.05) is 11.6 Å². The van der Waals surface area contributed by atoms with Crippen LogP contribution in [0.5, 0.6) is 0 Å². The highest BCUT2D eigenvalue weighted by atomic mass is 16.5. The van der Waals surface area contributed by atoms with Gasteiger partial charge in [-0.1, -0.05) is 5.16 Å². The third kappa shape index (κ3) is 2.82. The molecule has 132 valence electrons. The van der Waals surface area contributed by atoms with Gasteiger partial charge in [0.2, 0.25) is 5.76 Å². The van der Waals surface area contributed by atoms with Crippen LogP contribution in [0.15, 0.2) is 79.2 Å². The Morgan fingerprint density at radius 1 is 1.12 bits per heavy atom. The van der Waals surface area contributed by atoms with Crippen LogP contribution in [0.25, 0.3) is 11.5 Å². The van der Waals surface area contributed by atoms with Gasteiger partial charge < -0.3 is 28.2 Å². The molecule has 4 aromatic rings. The van der Waals surface area contributed by atoms with Crippen molar-refractivity contribution in [3.8, 4) is 11.5 Å². The summed E-state index contributed by atoms with van der Waals surface area (Å²) in [4.78, 5) is 12.4. The number of rotatable bonds is 6. The molecular formula is C18H14N2O6. The molecule has 0 unspecified atom stereocenters. The van der Waals surface area contributed by atoms with Gasteiger partial charge in [0.15, 0.2) is 17.1 Å². The van der Waals surface area contributed by atoms with E-state index in [1.165, 1.54) is 31.1 Å². The first-order valence-corrected chi connectivity index (χ1v) is 7.74. The number of aliphatic hydroxyl groups is 1. The van der Waals surface area contributed by atoms with Crippen molar-refractivity contribution in [1.29, 1.82) is 0 Å². The SMILES string of the molecule is O=C(NC[C@](O)(c1ccoc1)c1ccco1)c1cc(-c2ccco2)on1. The summed E-state index contributed by atoms with van der Waals surface area (Å²) in [5.74, 6) is 0.550. The molecule has 4 aromatic heterocycles. The van der Waals surface area contributed by atoms with Crippen LogP contribution >= 0.6 is 0 Å². The van der Waals surface area contributed by atoms with E-state index in [9.17, 15) is 9.90 Å². The van der Waals surface area contributed by atoms with Crippen LogP contribution < -0.4 is 5.32 Å². The first-order chi connectivity index (χ1) is 12.7. The fraction of sp³-hybridized carbons (Fsp3) is 0.111. The lowest BCUT2D eigenvalue weighted by molar-refractivity contribution is 0.0518. The molecule has 8 heteroatoms. The second kappa shape index (κ2) is 6.41. The zero-order chi connectivity index (χ0) is 18.0. The molecule has 0 fully saturated rings. The maximum Gasteiger partial charge on any atom is 0.273 e. The largest absolute Gasteiger partial charge is 0.472 e. The van der Waals surface area contributed by atoms with Gasteiger partial charge >= 0.3 is 0 Å². The lowest BCUT2D eigenvalue weighted by atomic mass is 9.93. The Hall–Kier alpha value is -3.52. The van der Waals surface area contributed by atoms with Gasteiger partial charge in [-0.2, -0.15) is 0 Å². The second-order valence-electron chi connectivity index (χ2n) is 5.59. The van der Waals surface area contributed by atoms with E-state index in [0.29, 0.717) is 17.1 Å². The summed E-state index contributed by atoms with van der Waals surface area (Å²) in [6.45, 7) is -0.151. The topological polar surface area (TPSA) is 115 Å². The molecule has 0 radical (unpaired) electrons. The quantitative estimate of drug-likeness (QED) is 0.547. The predicted molar refractivity (Wildman–Crippen MR) is 87.0 cm³/mol. The molecule has 0 saturated carbocycles. The zero-order valence-electron chi connectivity index (χ0n) is 13.4. The van der Waals surface area contributed by atoms with E-state index in [4.69, 9.17) is 17.8 Å². The van der Waals surface area contributed by atoms with E-state index in [-0.39, 0.29) is 18.0 Å². The fourth-order valence-corrected chi connectivity index (χ4v) is 2.56. The molecule has 8 nitrogen and oxygen atoms in total. The van der Waals surface area contributed by atoms with Crippen molar-refractivity contribution in [2.45, 2.75) is 5.60 Å². The third-order valence-electron chi connectivity index (χ3n) is 3.94. The van der Waals surface area contributed by atoms with Gasteiger partial charge in [0.05, 0.1) is 31.6 Å². The number of aromatic nitrogens is 1. The summed E-state index contributed by atoms with van der Waals surface area (Å²) in [6, 6.07) is 9.71. The highest BCUT2D eigenvalue weighted by Crippen LogP contribution is 2.30. The van der Waals surface area contributed by atoms with Crippen molar-refractivity contribution in [3.63, 3.8) is 0 Å². The van der Waals surface area contributed by atoms with Crippen molar-refractivity contribution in [3.05, 3.63) is 78.5 Å². The normalized spacial score (nSPS) is 13.4. The molecule has 1 amide bonds. The first kappa shape index (κ1) is 16.0. The number of nitrogens with one attached hydrogen (secondary N) is 1. The molecule has 0 saturated heterocycles. The first-order valence-electron chi connectivity index (χ1n) is 7.74. The van der Waals surface area contributed by atoms with Crippen LogP contribution in [0.4, 0.5) is 0 Å². The van der Waals surface area contributed by atoms with Crippen LogP contribution in [0.3, 0.4) is 0 Å². The summed E-state index contributed by atoms with van der Waals surface area (Å²) >= 11 is 0. The third-order valence-corrected chi connectivity index (χ3v) is 3.94. The minimum atomic E-state index is -1.58. The molecule has 4 rings (SSSR count). The van der Waals surface area contributed by atoms with E-state index in [1.807, 2.05) is 0 Å². The predicted octanol–water partition coefficient (Wildman–Crippen LogP) is 2.79. The number of carbonyl (C=O) groups excluding carboxylic acids is 1. The van der Waals surface area contributed by atoms with Crippen molar-refractivity contribution in [2.24, 2.45) is 0 Å². The van der Waals surface area contributed by atoms with Gasteiger partial charge in [-0.25, -0.2) is 0 Å². The van der Waals surface area contributed by atoms with Crippen LogP contribution in [0.1, 0.15) is 21.8 Å². The molecule has 0 bridgehead atoms. The average Bonchev–Trinajstić information content (AvgIpc) is 3.45. The smallest absolute Gasteiger partial charge is 0.273 e. The molecule has 1 atom stereocenters. The van der Waals surface area contributed by atoms with Crippen molar-refractivity contribution < 1.29 is 27.7 Å². The van der Waals surface area contributed by atoms with Gasteiger partial charge in [-0.15, -0.1) is 0 Å². The van der Waals surface area contributed by atoms with Gasteiger partial charge in [-0.3, -0.25) is 4.79 Å². The number of nitrogens with zero attached hydrogens (tertiary/aromatic N) is 1. The summed E-state index contributed by atoms with van der Waals surface area (Å²) in [5, 5.41) is 17.4. The molecule has 4 heterocycles. The number of hydrogen-bond donors (Lipinski definition) is 2. The summed E-state index contributed by atoms with van der Waals surface area (Å²) in [6.07, 6.45) is 5.75. The van der Waals surface area contributed by atoms with Crippen molar-refractivity contribution >= 4 is 5.91 Å². The van der Waals surface area contributed by atoms with E-state index in [1.54, 1.807) is 30.3 Å². The van der Waals surface area contributed by atoms with Crippen molar-refractivity contribution in [1.82, 2.24) is 10.5 Å². The summed E-state index contributed by atoms with van der Waals surface area (Å²) < 4.78 is 20.7. The summed E-state index contributed by atoms with van der Waals surface area (Å²) in [7, 11) is 0. The van der Waals surface area contributed by atoms with E-state index in [0.717, 1.165) is 0 Å². The van der Waals surface area contributed by atoms with Crippen LogP contribution in [-0.2, 0) is 5.60 Å². The number of hydrogen-bond acceptors (Lipinski definition) is 7. The van der Waals surface area contributed by atoms with Gasteiger partial charge in [0.1, 0.15) is 5.76 Å². The number of carbonyl (C=O) groups is 1. The molecule has 0 aliphatic carbocycles. The summed E-state index contributed by atoms with van der Waals surface area (Å²) in [5.41, 5.74) is -1.07. The maximum absolute atomic E-state index is 12.4. The Morgan fingerprint density at radius 3 is 2.65 bits per heavy atom. The van der Waals surface area contributed by atoms with E-state index in [2.05, 4.69) is 10.5 Å². The van der Waals surface area contributed by atoms with Gasteiger partial charge in [-0.05, 0) is 30.3 Å². The molecule has 0 spiro atoms. The highest BCUT2D eigenvalue weighted by Gasteiger charge is 2.36. The second-order valence-corrected chi connectivity index (χ2v) is 5.59. The Morgan fingerprint density at radius 2 is 1.96 bits per heavy atom. The minimum Gasteiger partial charge on any atom is -0.472 e. The molecular weight excluding hydrogens is 340 g/mol. The maximum atomic E-state index is 12.4. The lowest BCUT2D eigenvalue weighted by Gasteiger charge is -2.24. The monoisotopic (exact) mass is 354 g/mol. The molecule has 0 aromatic carbocycles. The Balaban J connectivity index is 1.52. The Labute approximate surface area is 147 Å². The molecule has 2 N–H and O–H groups in total. The Kier molecular flexibility index (Phi) is 3.94.